The van der Waals surface area contributed by atoms with E-state index in [0.717, 1.165) is 15.9 Å². The van der Waals surface area contributed by atoms with E-state index in [1.165, 1.54) is 0 Å². The third-order valence-electron chi connectivity index (χ3n) is 1.88. The van der Waals surface area contributed by atoms with Crippen LogP contribution in [0.3, 0.4) is 0 Å². The summed E-state index contributed by atoms with van der Waals surface area (Å²) in [4.78, 5) is 4.18. The van der Waals surface area contributed by atoms with Crippen molar-refractivity contribution in [2.75, 3.05) is 5.73 Å². The third-order valence-corrected chi connectivity index (χ3v) is 2.49. The van der Waals surface area contributed by atoms with Crippen molar-refractivity contribution in [3.8, 4) is 5.82 Å². The summed E-state index contributed by atoms with van der Waals surface area (Å²) in [6.45, 7) is 2.00. The molecule has 0 saturated heterocycles. The topological polar surface area (TPSA) is 56.7 Å². The van der Waals surface area contributed by atoms with Gasteiger partial charge in [-0.3, -0.25) is 0 Å². The van der Waals surface area contributed by atoms with Crippen LogP contribution in [-0.4, -0.2) is 14.8 Å². The van der Waals surface area contributed by atoms with Gasteiger partial charge in [-0.25, -0.2) is 4.98 Å². The lowest BCUT2D eigenvalue weighted by Gasteiger charge is -2.03. The first-order chi connectivity index (χ1) is 6.68. The average Bonchev–Trinajstić information content (AvgIpc) is 2.48. The lowest BCUT2D eigenvalue weighted by molar-refractivity contribution is 0.855. The molecule has 0 aliphatic heterocycles. The maximum Gasteiger partial charge on any atom is 0.155 e. The van der Waals surface area contributed by atoms with E-state index in [2.05, 4.69) is 26.0 Å². The molecule has 0 bridgehead atoms. The normalized spacial score (nSPS) is 10.4. The van der Waals surface area contributed by atoms with Gasteiger partial charge in [0.15, 0.2) is 5.82 Å². The zero-order valence-electron chi connectivity index (χ0n) is 7.61. The number of rotatable bonds is 1. The first-order valence-electron chi connectivity index (χ1n) is 4.10. The van der Waals surface area contributed by atoms with Gasteiger partial charge in [0.1, 0.15) is 5.82 Å². The Morgan fingerprint density at radius 2 is 2.29 bits per heavy atom. The van der Waals surface area contributed by atoms with Crippen molar-refractivity contribution >= 4 is 21.7 Å². The Morgan fingerprint density at radius 3 is 2.86 bits per heavy atom. The standard InChI is InChI=1S/C9H9BrN4/c1-6-2-3-12-8(4-6)14-9(11)7(10)5-13-14/h2-5H,11H2,1H3. The van der Waals surface area contributed by atoms with Crippen LogP contribution in [0.2, 0.25) is 0 Å². The first kappa shape index (κ1) is 9.21. The number of halogens is 1. The van der Waals surface area contributed by atoms with Crippen molar-refractivity contribution in [2.45, 2.75) is 6.92 Å². The van der Waals surface area contributed by atoms with Crippen molar-refractivity contribution in [2.24, 2.45) is 0 Å². The summed E-state index contributed by atoms with van der Waals surface area (Å²) in [5.74, 6) is 1.29. The predicted octanol–water partition coefficient (Wildman–Crippen LogP) is 1.92. The van der Waals surface area contributed by atoms with Gasteiger partial charge in [-0.2, -0.15) is 9.78 Å². The van der Waals surface area contributed by atoms with Crippen molar-refractivity contribution in [1.29, 1.82) is 0 Å². The summed E-state index contributed by atoms with van der Waals surface area (Å²) in [7, 11) is 0. The lowest BCUT2D eigenvalue weighted by atomic mass is 10.3. The molecule has 0 radical (unpaired) electrons. The summed E-state index contributed by atoms with van der Waals surface area (Å²) >= 11 is 3.30. The number of hydrogen-bond acceptors (Lipinski definition) is 3. The summed E-state index contributed by atoms with van der Waals surface area (Å²) in [5.41, 5.74) is 6.92. The molecule has 2 heterocycles. The molecule has 5 heteroatoms. The monoisotopic (exact) mass is 252 g/mol. The number of aryl methyl sites for hydroxylation is 1. The molecular formula is C9H9BrN4. The van der Waals surface area contributed by atoms with Gasteiger partial charge in [-0.15, -0.1) is 0 Å². The minimum atomic E-state index is 0.558. The third kappa shape index (κ3) is 1.50. The van der Waals surface area contributed by atoms with Crippen LogP contribution in [0.4, 0.5) is 5.82 Å². The Kier molecular flexibility index (Phi) is 2.25. The van der Waals surface area contributed by atoms with Gasteiger partial charge < -0.3 is 5.73 Å². The number of anilines is 1. The second-order valence-electron chi connectivity index (χ2n) is 2.98. The van der Waals surface area contributed by atoms with Gasteiger partial charge in [-0.1, -0.05) is 0 Å². The molecule has 0 amide bonds. The van der Waals surface area contributed by atoms with E-state index in [4.69, 9.17) is 5.73 Å². The molecule has 2 N–H and O–H groups in total. The maximum absolute atomic E-state index is 5.80. The maximum atomic E-state index is 5.80. The highest BCUT2D eigenvalue weighted by Gasteiger charge is 2.06. The first-order valence-corrected chi connectivity index (χ1v) is 4.90. The van der Waals surface area contributed by atoms with Crippen LogP contribution in [0.25, 0.3) is 5.82 Å². The van der Waals surface area contributed by atoms with Gasteiger partial charge in [0, 0.05) is 6.20 Å². The van der Waals surface area contributed by atoms with Gasteiger partial charge in [0.05, 0.1) is 10.7 Å². The van der Waals surface area contributed by atoms with Gasteiger partial charge in [0.2, 0.25) is 0 Å². The van der Waals surface area contributed by atoms with E-state index in [1.807, 2.05) is 19.1 Å². The largest absolute Gasteiger partial charge is 0.383 e. The highest BCUT2D eigenvalue weighted by Crippen LogP contribution is 2.20. The number of pyridine rings is 1. The Morgan fingerprint density at radius 1 is 1.50 bits per heavy atom. The molecule has 2 rings (SSSR count). The van der Waals surface area contributed by atoms with Crippen LogP contribution in [0.1, 0.15) is 5.56 Å². The molecule has 14 heavy (non-hydrogen) atoms. The number of nitrogens with zero attached hydrogens (tertiary/aromatic N) is 3. The number of aromatic nitrogens is 3. The van der Waals surface area contributed by atoms with E-state index >= 15 is 0 Å². The molecule has 0 aliphatic rings. The zero-order chi connectivity index (χ0) is 10.1. The average molecular weight is 253 g/mol. The van der Waals surface area contributed by atoms with Crippen LogP contribution in [0.5, 0.6) is 0 Å². The Hall–Kier alpha value is -1.36. The Balaban J connectivity index is 2.55. The van der Waals surface area contributed by atoms with Crippen LogP contribution in [-0.2, 0) is 0 Å². The fourth-order valence-corrected chi connectivity index (χ4v) is 1.42. The second kappa shape index (κ2) is 3.42. The number of nitrogens with two attached hydrogens (primary N) is 1. The van der Waals surface area contributed by atoms with E-state index in [1.54, 1.807) is 17.1 Å². The van der Waals surface area contributed by atoms with Crippen LogP contribution >= 0.6 is 15.9 Å². The molecule has 0 saturated carbocycles. The molecule has 2 aromatic heterocycles. The van der Waals surface area contributed by atoms with Crippen LogP contribution in [0.15, 0.2) is 29.0 Å². The Bertz CT molecular complexity index is 464. The molecule has 0 atom stereocenters. The molecular weight excluding hydrogens is 244 g/mol. The van der Waals surface area contributed by atoms with E-state index in [0.29, 0.717) is 5.82 Å². The molecule has 4 nitrogen and oxygen atoms in total. The van der Waals surface area contributed by atoms with Gasteiger partial charge in [-0.05, 0) is 40.5 Å². The SMILES string of the molecule is Cc1ccnc(-n2ncc(Br)c2N)c1. The fraction of sp³-hybridized carbons (Fsp3) is 0.111. The molecule has 0 fully saturated rings. The van der Waals surface area contributed by atoms with Crippen molar-refractivity contribution in [3.05, 3.63) is 34.6 Å². The van der Waals surface area contributed by atoms with E-state index < -0.39 is 0 Å². The molecule has 0 unspecified atom stereocenters. The molecule has 2 aromatic rings. The lowest BCUT2D eigenvalue weighted by Crippen LogP contribution is -2.03. The highest BCUT2D eigenvalue weighted by molar-refractivity contribution is 9.10. The quantitative estimate of drug-likeness (QED) is 0.844. The van der Waals surface area contributed by atoms with Crippen molar-refractivity contribution in [3.63, 3.8) is 0 Å². The molecule has 72 valence electrons. The summed E-state index contributed by atoms with van der Waals surface area (Å²) < 4.78 is 2.37. The highest BCUT2D eigenvalue weighted by atomic mass is 79.9. The fourth-order valence-electron chi connectivity index (χ4n) is 1.16. The number of nitrogen functional groups attached to an aromatic ring is 1. The minimum absolute atomic E-state index is 0.558. The van der Waals surface area contributed by atoms with E-state index in [9.17, 15) is 0 Å². The summed E-state index contributed by atoms with van der Waals surface area (Å²) in [6.07, 6.45) is 3.39. The smallest absolute Gasteiger partial charge is 0.155 e. The summed E-state index contributed by atoms with van der Waals surface area (Å²) in [6, 6.07) is 3.86. The van der Waals surface area contributed by atoms with Crippen molar-refractivity contribution < 1.29 is 0 Å². The minimum Gasteiger partial charge on any atom is -0.383 e. The van der Waals surface area contributed by atoms with Crippen LogP contribution < -0.4 is 5.73 Å². The molecule has 0 spiro atoms. The summed E-state index contributed by atoms with van der Waals surface area (Å²) in [5, 5.41) is 4.11. The Labute approximate surface area is 89.9 Å². The molecule has 0 aromatic carbocycles. The molecule has 0 aliphatic carbocycles. The van der Waals surface area contributed by atoms with E-state index in [-0.39, 0.29) is 0 Å². The number of hydrogen-bond donors (Lipinski definition) is 1. The predicted molar refractivity (Wildman–Crippen MR) is 58.2 cm³/mol. The van der Waals surface area contributed by atoms with Crippen molar-refractivity contribution in [1.82, 2.24) is 14.8 Å². The zero-order valence-corrected chi connectivity index (χ0v) is 9.19. The van der Waals surface area contributed by atoms with Gasteiger partial charge in [0.25, 0.3) is 0 Å². The second-order valence-corrected chi connectivity index (χ2v) is 3.84. The van der Waals surface area contributed by atoms with Crippen LogP contribution in [0, 0.1) is 6.92 Å². The van der Waals surface area contributed by atoms with Gasteiger partial charge >= 0.3 is 0 Å².